The summed E-state index contributed by atoms with van der Waals surface area (Å²) in [7, 11) is 0. The van der Waals surface area contributed by atoms with Gasteiger partial charge in [-0.25, -0.2) is 0 Å². The summed E-state index contributed by atoms with van der Waals surface area (Å²) in [5.74, 6) is 0. The van der Waals surface area contributed by atoms with Gasteiger partial charge in [0, 0.05) is 0 Å². The molecule has 0 aliphatic heterocycles. The van der Waals surface area contributed by atoms with E-state index in [-0.39, 0.29) is 10.5 Å². The van der Waals surface area contributed by atoms with Crippen molar-refractivity contribution in [2.24, 2.45) is 0 Å². The summed E-state index contributed by atoms with van der Waals surface area (Å²) in [4.78, 5) is 21.5. The topological polar surface area (TPSA) is 34.1 Å². The number of carbonyl (C=O) groups is 2. The van der Waals surface area contributed by atoms with Crippen LogP contribution in [0.15, 0.2) is 24.3 Å². The largest absolute Gasteiger partial charge is 0.302 e. The standard InChI is InChI=1S/C18H26O2S2/c1-21-17(13-19)7-3-5-15-9-11-16(12-10-15)6-4-8-18(14-20)22-2/h9-14,17-18H,3-8H2,1-2H3. The normalized spacial score (nSPS) is 13.5. The third-order valence-corrected chi connectivity index (χ3v) is 5.74. The number of hydrogen-bond acceptors (Lipinski definition) is 4. The smallest absolute Gasteiger partial charge is 0.132 e. The molecule has 0 fully saturated rings. The third kappa shape index (κ3) is 7.50. The van der Waals surface area contributed by atoms with E-state index in [1.807, 2.05) is 12.5 Å². The van der Waals surface area contributed by atoms with E-state index in [1.54, 1.807) is 23.5 Å². The molecule has 1 aromatic rings. The second-order valence-corrected chi connectivity index (χ2v) is 7.58. The molecule has 0 N–H and O–H groups in total. The minimum atomic E-state index is 0.140. The van der Waals surface area contributed by atoms with Crippen molar-refractivity contribution in [1.82, 2.24) is 0 Å². The van der Waals surface area contributed by atoms with E-state index in [4.69, 9.17) is 0 Å². The van der Waals surface area contributed by atoms with Gasteiger partial charge in [-0.05, 0) is 62.2 Å². The molecule has 0 bridgehead atoms. The van der Waals surface area contributed by atoms with Gasteiger partial charge in [0.15, 0.2) is 0 Å². The van der Waals surface area contributed by atoms with Crippen molar-refractivity contribution in [1.29, 1.82) is 0 Å². The summed E-state index contributed by atoms with van der Waals surface area (Å²) in [6.07, 6.45) is 12.2. The predicted octanol–water partition coefficient (Wildman–Crippen LogP) is 4.19. The van der Waals surface area contributed by atoms with Gasteiger partial charge in [0.2, 0.25) is 0 Å². The number of rotatable bonds is 12. The van der Waals surface area contributed by atoms with Crippen LogP contribution in [0.2, 0.25) is 0 Å². The molecule has 0 amide bonds. The minimum Gasteiger partial charge on any atom is -0.302 e. The zero-order valence-corrected chi connectivity index (χ0v) is 15.1. The van der Waals surface area contributed by atoms with Crippen molar-refractivity contribution in [2.75, 3.05) is 12.5 Å². The lowest BCUT2D eigenvalue weighted by Gasteiger charge is -2.08. The Morgan fingerprint density at radius 1 is 0.818 bits per heavy atom. The summed E-state index contributed by atoms with van der Waals surface area (Å²) in [5.41, 5.74) is 2.67. The molecular formula is C18H26O2S2. The minimum absolute atomic E-state index is 0.140. The van der Waals surface area contributed by atoms with Crippen LogP contribution in [0.5, 0.6) is 0 Å². The van der Waals surface area contributed by atoms with Crippen molar-refractivity contribution in [3.63, 3.8) is 0 Å². The van der Waals surface area contributed by atoms with E-state index in [0.29, 0.717) is 0 Å². The zero-order valence-electron chi connectivity index (χ0n) is 13.5. The van der Waals surface area contributed by atoms with Crippen molar-refractivity contribution >= 4 is 36.1 Å². The summed E-state index contributed by atoms with van der Waals surface area (Å²) < 4.78 is 0. The molecule has 0 aliphatic carbocycles. The summed E-state index contributed by atoms with van der Waals surface area (Å²) in [6.45, 7) is 0. The number of thioether (sulfide) groups is 2. The van der Waals surface area contributed by atoms with E-state index < -0.39 is 0 Å². The first-order chi connectivity index (χ1) is 10.7. The van der Waals surface area contributed by atoms with Crippen LogP contribution in [0.4, 0.5) is 0 Å². The van der Waals surface area contributed by atoms with Crippen LogP contribution in [-0.2, 0) is 22.4 Å². The Bertz CT molecular complexity index is 390. The molecule has 2 nitrogen and oxygen atoms in total. The second-order valence-electron chi connectivity index (χ2n) is 5.42. The molecule has 1 rings (SSSR count). The lowest BCUT2D eigenvalue weighted by atomic mass is 10.0. The van der Waals surface area contributed by atoms with E-state index in [0.717, 1.165) is 51.1 Å². The fraction of sp³-hybridized carbons (Fsp3) is 0.556. The molecular weight excluding hydrogens is 312 g/mol. The molecule has 2 atom stereocenters. The Morgan fingerprint density at radius 2 is 1.18 bits per heavy atom. The van der Waals surface area contributed by atoms with Crippen LogP contribution in [0.25, 0.3) is 0 Å². The summed E-state index contributed by atoms with van der Waals surface area (Å²) in [5, 5.41) is 0.281. The maximum Gasteiger partial charge on any atom is 0.132 e. The van der Waals surface area contributed by atoms with Crippen molar-refractivity contribution < 1.29 is 9.59 Å². The molecule has 0 saturated carbocycles. The number of aryl methyl sites for hydroxylation is 2. The van der Waals surface area contributed by atoms with Gasteiger partial charge >= 0.3 is 0 Å². The van der Waals surface area contributed by atoms with Gasteiger partial charge in [-0.1, -0.05) is 24.3 Å². The molecule has 4 heteroatoms. The molecule has 0 saturated heterocycles. The molecule has 1 aromatic carbocycles. The molecule has 122 valence electrons. The Balaban J connectivity index is 2.30. The van der Waals surface area contributed by atoms with Crippen molar-refractivity contribution in [3.8, 4) is 0 Å². The quantitative estimate of drug-likeness (QED) is 0.535. The van der Waals surface area contributed by atoms with Gasteiger partial charge in [-0.15, -0.1) is 0 Å². The predicted molar refractivity (Wildman–Crippen MR) is 99.1 cm³/mol. The Hall–Kier alpha value is -0.740. The highest BCUT2D eigenvalue weighted by Gasteiger charge is 2.06. The van der Waals surface area contributed by atoms with Crippen LogP contribution >= 0.6 is 23.5 Å². The first-order valence-corrected chi connectivity index (χ1v) is 10.3. The summed E-state index contributed by atoms with van der Waals surface area (Å²) >= 11 is 3.26. The average molecular weight is 339 g/mol. The highest BCUT2D eigenvalue weighted by Crippen LogP contribution is 2.16. The van der Waals surface area contributed by atoms with E-state index in [1.165, 1.54) is 11.1 Å². The maximum absolute atomic E-state index is 10.8. The van der Waals surface area contributed by atoms with Gasteiger partial charge < -0.3 is 9.59 Å². The van der Waals surface area contributed by atoms with Gasteiger partial charge in [0.1, 0.15) is 12.6 Å². The van der Waals surface area contributed by atoms with E-state index in [9.17, 15) is 9.59 Å². The maximum atomic E-state index is 10.8. The van der Waals surface area contributed by atoms with Crippen LogP contribution in [0, 0.1) is 0 Å². The van der Waals surface area contributed by atoms with Crippen LogP contribution in [0.3, 0.4) is 0 Å². The number of carbonyl (C=O) groups excluding carboxylic acids is 2. The van der Waals surface area contributed by atoms with Crippen LogP contribution < -0.4 is 0 Å². The van der Waals surface area contributed by atoms with E-state index >= 15 is 0 Å². The van der Waals surface area contributed by atoms with Gasteiger partial charge in [-0.2, -0.15) is 23.5 Å². The van der Waals surface area contributed by atoms with Crippen molar-refractivity contribution in [3.05, 3.63) is 35.4 Å². The van der Waals surface area contributed by atoms with Gasteiger partial charge in [-0.3, -0.25) is 0 Å². The van der Waals surface area contributed by atoms with Crippen molar-refractivity contribution in [2.45, 2.75) is 49.0 Å². The third-order valence-electron chi connectivity index (χ3n) is 3.84. The monoisotopic (exact) mass is 338 g/mol. The lowest BCUT2D eigenvalue weighted by molar-refractivity contribution is -0.108. The number of benzene rings is 1. The highest BCUT2D eigenvalue weighted by molar-refractivity contribution is 8.00. The zero-order chi connectivity index (χ0) is 16.2. The molecule has 0 heterocycles. The molecule has 0 radical (unpaired) electrons. The fourth-order valence-corrected chi connectivity index (χ4v) is 3.40. The lowest BCUT2D eigenvalue weighted by Crippen LogP contribution is -2.04. The first kappa shape index (κ1) is 19.3. The molecule has 0 aromatic heterocycles. The SMILES string of the molecule is CSC(C=O)CCCc1ccc(CCCC(C=O)SC)cc1. The van der Waals surface area contributed by atoms with E-state index in [2.05, 4.69) is 24.3 Å². The number of hydrogen-bond donors (Lipinski definition) is 0. The Labute approximate surface area is 142 Å². The fourth-order valence-electron chi connectivity index (χ4n) is 2.37. The molecule has 0 spiro atoms. The average Bonchev–Trinajstić information content (AvgIpc) is 2.57. The Morgan fingerprint density at radius 3 is 1.45 bits per heavy atom. The first-order valence-electron chi connectivity index (χ1n) is 7.77. The number of aldehydes is 2. The van der Waals surface area contributed by atoms with Gasteiger partial charge in [0.25, 0.3) is 0 Å². The second kappa shape index (κ2) is 11.8. The highest BCUT2D eigenvalue weighted by atomic mass is 32.2. The molecule has 2 unspecified atom stereocenters. The van der Waals surface area contributed by atoms with Gasteiger partial charge in [0.05, 0.1) is 10.5 Å². The molecule has 0 aliphatic rings. The Kier molecular flexibility index (Phi) is 10.3. The summed E-state index contributed by atoms with van der Waals surface area (Å²) in [6, 6.07) is 8.76. The molecule has 22 heavy (non-hydrogen) atoms. The van der Waals surface area contributed by atoms with Crippen LogP contribution in [0.1, 0.15) is 36.8 Å². The van der Waals surface area contributed by atoms with Crippen LogP contribution in [-0.4, -0.2) is 35.6 Å².